The van der Waals surface area contributed by atoms with E-state index in [1.165, 1.54) is 0 Å². The monoisotopic (exact) mass is 369 g/mol. The first-order chi connectivity index (χ1) is 10.1. The predicted molar refractivity (Wildman–Crippen MR) is 90.6 cm³/mol. The molecule has 21 heavy (non-hydrogen) atoms. The second-order valence-electron chi connectivity index (χ2n) is 4.39. The van der Waals surface area contributed by atoms with Gasteiger partial charge in [-0.2, -0.15) is 0 Å². The zero-order valence-electron chi connectivity index (χ0n) is 12.0. The van der Waals surface area contributed by atoms with Gasteiger partial charge in [-0.3, -0.25) is 0 Å². The molecule has 0 bridgehead atoms. The summed E-state index contributed by atoms with van der Waals surface area (Å²) < 4.78 is 11.8. The summed E-state index contributed by atoms with van der Waals surface area (Å²) in [7, 11) is 1.60. The molecule has 3 nitrogen and oxygen atoms in total. The van der Waals surface area contributed by atoms with Crippen molar-refractivity contribution in [3.63, 3.8) is 0 Å². The first-order valence-corrected chi connectivity index (χ1v) is 7.79. The molecule has 0 aromatic heterocycles. The van der Waals surface area contributed by atoms with Crippen molar-refractivity contribution in [2.45, 2.75) is 13.5 Å². The minimum absolute atomic E-state index is 0.585. The number of benzene rings is 2. The van der Waals surface area contributed by atoms with E-state index in [-0.39, 0.29) is 0 Å². The lowest BCUT2D eigenvalue weighted by molar-refractivity contribution is 0.337. The Morgan fingerprint density at radius 2 is 1.90 bits per heavy atom. The van der Waals surface area contributed by atoms with E-state index in [0.29, 0.717) is 23.9 Å². The maximum Gasteiger partial charge on any atom is 0.137 e. The summed E-state index contributed by atoms with van der Waals surface area (Å²) in [5.74, 6) is 1.55. The average Bonchev–Trinajstić information content (AvgIpc) is 2.48. The summed E-state index contributed by atoms with van der Waals surface area (Å²) in [4.78, 5) is 0. The average molecular weight is 371 g/mol. The highest BCUT2D eigenvalue weighted by atomic mass is 79.9. The van der Waals surface area contributed by atoms with Gasteiger partial charge >= 0.3 is 0 Å². The van der Waals surface area contributed by atoms with E-state index in [9.17, 15) is 0 Å². The molecular formula is C16H17BrClNO2. The van der Waals surface area contributed by atoms with Crippen molar-refractivity contribution < 1.29 is 9.47 Å². The van der Waals surface area contributed by atoms with Crippen molar-refractivity contribution in [1.29, 1.82) is 0 Å². The van der Waals surface area contributed by atoms with Crippen molar-refractivity contribution >= 4 is 33.2 Å². The van der Waals surface area contributed by atoms with Gasteiger partial charge in [0.25, 0.3) is 0 Å². The Morgan fingerprint density at radius 1 is 1.14 bits per heavy atom. The Hall–Kier alpha value is -1.39. The van der Waals surface area contributed by atoms with E-state index in [2.05, 4.69) is 21.2 Å². The Morgan fingerprint density at radius 3 is 2.57 bits per heavy atom. The fourth-order valence-corrected chi connectivity index (χ4v) is 2.62. The van der Waals surface area contributed by atoms with Crippen molar-refractivity contribution in [2.75, 3.05) is 19.0 Å². The molecule has 0 fully saturated rings. The Balaban J connectivity index is 2.12. The molecule has 0 heterocycles. The van der Waals surface area contributed by atoms with Crippen LogP contribution in [-0.2, 0) is 6.54 Å². The van der Waals surface area contributed by atoms with E-state index in [4.69, 9.17) is 21.1 Å². The third-order valence-electron chi connectivity index (χ3n) is 2.96. The van der Waals surface area contributed by atoms with Gasteiger partial charge in [-0.05, 0) is 43.3 Å². The molecular weight excluding hydrogens is 354 g/mol. The number of hydrogen-bond donors (Lipinski definition) is 1. The van der Waals surface area contributed by atoms with Crippen LogP contribution in [0.4, 0.5) is 5.69 Å². The van der Waals surface area contributed by atoms with Gasteiger partial charge in [0.15, 0.2) is 0 Å². The standard InChI is InChI=1S/C16H17BrClNO2/c1-3-21-15-6-4-12(17)8-11(15)10-19-13-5-7-16(20-2)14(18)9-13/h4-9,19H,3,10H2,1-2H3. The fraction of sp³-hybridized carbons (Fsp3) is 0.250. The second kappa shape index (κ2) is 7.57. The summed E-state index contributed by atoms with van der Waals surface area (Å²) in [5, 5.41) is 3.92. The summed E-state index contributed by atoms with van der Waals surface area (Å²) in [5.41, 5.74) is 2.02. The van der Waals surface area contributed by atoms with Crippen LogP contribution < -0.4 is 14.8 Å². The lowest BCUT2D eigenvalue weighted by atomic mass is 10.2. The van der Waals surface area contributed by atoms with Crippen LogP contribution in [0.3, 0.4) is 0 Å². The molecule has 5 heteroatoms. The highest BCUT2D eigenvalue weighted by molar-refractivity contribution is 9.10. The van der Waals surface area contributed by atoms with Crippen LogP contribution in [0.2, 0.25) is 5.02 Å². The predicted octanol–water partition coefficient (Wildman–Crippen LogP) is 5.12. The minimum atomic E-state index is 0.585. The number of rotatable bonds is 6. The van der Waals surface area contributed by atoms with E-state index in [1.807, 2.05) is 43.3 Å². The lowest BCUT2D eigenvalue weighted by Gasteiger charge is -2.13. The maximum atomic E-state index is 6.12. The molecule has 0 spiro atoms. The van der Waals surface area contributed by atoms with Gasteiger partial charge in [0.2, 0.25) is 0 Å². The Bertz CT molecular complexity index is 619. The normalized spacial score (nSPS) is 10.3. The molecule has 0 saturated heterocycles. The number of methoxy groups -OCH3 is 1. The summed E-state index contributed by atoms with van der Waals surface area (Å²) >= 11 is 9.60. The van der Waals surface area contributed by atoms with Crippen LogP contribution in [0, 0.1) is 0 Å². The largest absolute Gasteiger partial charge is 0.495 e. The minimum Gasteiger partial charge on any atom is -0.495 e. The topological polar surface area (TPSA) is 30.5 Å². The molecule has 0 aliphatic carbocycles. The van der Waals surface area contributed by atoms with Crippen LogP contribution in [0.5, 0.6) is 11.5 Å². The first-order valence-electron chi connectivity index (χ1n) is 6.62. The molecule has 0 saturated carbocycles. The van der Waals surface area contributed by atoms with E-state index < -0.39 is 0 Å². The van der Waals surface area contributed by atoms with Gasteiger partial charge < -0.3 is 14.8 Å². The molecule has 0 aliphatic rings. The number of anilines is 1. The SMILES string of the molecule is CCOc1ccc(Br)cc1CNc1ccc(OC)c(Cl)c1. The van der Waals surface area contributed by atoms with Crippen LogP contribution >= 0.6 is 27.5 Å². The first kappa shape index (κ1) is 16.0. The van der Waals surface area contributed by atoms with Crippen LogP contribution in [0.1, 0.15) is 12.5 Å². The van der Waals surface area contributed by atoms with Gasteiger partial charge in [0.1, 0.15) is 11.5 Å². The molecule has 0 unspecified atom stereocenters. The van der Waals surface area contributed by atoms with Crippen molar-refractivity contribution in [2.24, 2.45) is 0 Å². The number of halogens is 2. The maximum absolute atomic E-state index is 6.12. The molecule has 0 atom stereocenters. The third-order valence-corrected chi connectivity index (χ3v) is 3.75. The van der Waals surface area contributed by atoms with Gasteiger partial charge in [0.05, 0.1) is 18.7 Å². The van der Waals surface area contributed by atoms with Crippen LogP contribution in [0.25, 0.3) is 0 Å². The van der Waals surface area contributed by atoms with Crippen molar-refractivity contribution in [3.8, 4) is 11.5 Å². The Labute approximate surface area is 138 Å². The molecule has 2 rings (SSSR count). The molecule has 2 aromatic rings. The van der Waals surface area contributed by atoms with E-state index in [1.54, 1.807) is 7.11 Å². The highest BCUT2D eigenvalue weighted by Crippen LogP contribution is 2.28. The zero-order valence-corrected chi connectivity index (χ0v) is 14.3. The van der Waals surface area contributed by atoms with Crippen LogP contribution in [-0.4, -0.2) is 13.7 Å². The van der Waals surface area contributed by atoms with Gasteiger partial charge in [-0.25, -0.2) is 0 Å². The van der Waals surface area contributed by atoms with Crippen molar-refractivity contribution in [1.82, 2.24) is 0 Å². The molecule has 0 radical (unpaired) electrons. The lowest BCUT2D eigenvalue weighted by Crippen LogP contribution is -2.03. The number of nitrogens with one attached hydrogen (secondary N) is 1. The molecule has 112 valence electrons. The van der Waals surface area contributed by atoms with Gasteiger partial charge in [-0.1, -0.05) is 27.5 Å². The summed E-state index contributed by atoms with van der Waals surface area (Å²) in [6.07, 6.45) is 0. The Kier molecular flexibility index (Phi) is 5.76. The smallest absolute Gasteiger partial charge is 0.137 e. The van der Waals surface area contributed by atoms with E-state index in [0.717, 1.165) is 21.5 Å². The van der Waals surface area contributed by atoms with Gasteiger partial charge in [-0.15, -0.1) is 0 Å². The fourth-order valence-electron chi connectivity index (χ4n) is 1.96. The van der Waals surface area contributed by atoms with Crippen molar-refractivity contribution in [3.05, 3.63) is 51.5 Å². The second-order valence-corrected chi connectivity index (χ2v) is 5.71. The molecule has 2 aromatic carbocycles. The third kappa shape index (κ3) is 4.29. The molecule has 0 amide bonds. The number of hydrogen-bond acceptors (Lipinski definition) is 3. The zero-order chi connectivity index (χ0) is 15.2. The van der Waals surface area contributed by atoms with Gasteiger partial charge in [0, 0.05) is 22.3 Å². The highest BCUT2D eigenvalue weighted by Gasteiger charge is 2.06. The quantitative estimate of drug-likeness (QED) is 0.765. The molecule has 0 aliphatic heterocycles. The van der Waals surface area contributed by atoms with E-state index >= 15 is 0 Å². The van der Waals surface area contributed by atoms with Crippen LogP contribution in [0.15, 0.2) is 40.9 Å². The summed E-state index contributed by atoms with van der Waals surface area (Å²) in [6, 6.07) is 11.6. The summed E-state index contributed by atoms with van der Waals surface area (Å²) in [6.45, 7) is 3.27. The number of ether oxygens (including phenoxy) is 2. The molecule has 1 N–H and O–H groups in total.